The molecule has 1 aromatic rings. The molecule has 1 atom stereocenters. The van der Waals surface area contributed by atoms with E-state index in [0.29, 0.717) is 5.92 Å². The van der Waals surface area contributed by atoms with Gasteiger partial charge in [0, 0.05) is 19.2 Å². The van der Waals surface area contributed by atoms with Crippen molar-refractivity contribution in [1.82, 2.24) is 4.90 Å². The Morgan fingerprint density at radius 3 is 2.89 bits per heavy atom. The third-order valence-corrected chi connectivity index (χ3v) is 3.48. The quantitative estimate of drug-likeness (QED) is 0.864. The van der Waals surface area contributed by atoms with Crippen LogP contribution in [0.4, 0.5) is 0 Å². The van der Waals surface area contributed by atoms with E-state index in [2.05, 4.69) is 6.92 Å². The van der Waals surface area contributed by atoms with Crippen LogP contribution in [0.2, 0.25) is 0 Å². The number of phenolic OH excluding ortho intramolecular Hbond substituents is 2. The molecule has 0 saturated carbocycles. The Kier molecular flexibility index (Phi) is 3.75. The van der Waals surface area contributed by atoms with Gasteiger partial charge in [-0.2, -0.15) is 0 Å². The van der Waals surface area contributed by atoms with Crippen molar-refractivity contribution in [2.75, 3.05) is 13.1 Å². The van der Waals surface area contributed by atoms with E-state index in [1.54, 1.807) is 4.90 Å². The highest BCUT2D eigenvalue weighted by Crippen LogP contribution is 2.27. The molecule has 0 bridgehead atoms. The summed E-state index contributed by atoms with van der Waals surface area (Å²) < 4.78 is 0. The Labute approximate surface area is 107 Å². The molecule has 1 amide bonds. The molecule has 1 heterocycles. The van der Waals surface area contributed by atoms with Crippen LogP contribution >= 0.6 is 0 Å². The fraction of sp³-hybridized carbons (Fsp3) is 0.500. The highest BCUT2D eigenvalue weighted by Gasteiger charge is 2.27. The number of amides is 1. The highest BCUT2D eigenvalue weighted by molar-refractivity contribution is 5.97. The molecule has 4 nitrogen and oxygen atoms in total. The summed E-state index contributed by atoms with van der Waals surface area (Å²) in [4.78, 5) is 14.0. The summed E-state index contributed by atoms with van der Waals surface area (Å²) in [7, 11) is 0. The number of aromatic hydroxyl groups is 2. The van der Waals surface area contributed by atoms with Gasteiger partial charge in [-0.15, -0.1) is 0 Å². The van der Waals surface area contributed by atoms with Crippen molar-refractivity contribution in [3.63, 3.8) is 0 Å². The second kappa shape index (κ2) is 5.29. The van der Waals surface area contributed by atoms with Crippen molar-refractivity contribution < 1.29 is 15.0 Å². The molecule has 98 valence electrons. The fourth-order valence-electron chi connectivity index (χ4n) is 2.53. The Balaban J connectivity index is 2.08. The monoisotopic (exact) mass is 249 g/mol. The molecule has 0 aromatic heterocycles. The lowest BCUT2D eigenvalue weighted by Gasteiger charge is -2.17. The molecular formula is C14H19NO3. The van der Waals surface area contributed by atoms with Gasteiger partial charge in [0.25, 0.3) is 5.91 Å². The first kappa shape index (κ1) is 12.7. The summed E-state index contributed by atoms with van der Waals surface area (Å²) in [5.41, 5.74) is 0.268. The average Bonchev–Trinajstić information content (AvgIpc) is 2.77. The highest BCUT2D eigenvalue weighted by atomic mass is 16.3. The van der Waals surface area contributed by atoms with Gasteiger partial charge in [-0.3, -0.25) is 4.79 Å². The summed E-state index contributed by atoms with van der Waals surface area (Å²) in [6.45, 7) is 3.67. The summed E-state index contributed by atoms with van der Waals surface area (Å²) in [6, 6.07) is 4.10. The minimum absolute atomic E-state index is 0.0330. The smallest absolute Gasteiger partial charge is 0.257 e. The van der Waals surface area contributed by atoms with E-state index >= 15 is 0 Å². The van der Waals surface area contributed by atoms with Crippen LogP contribution in [0.15, 0.2) is 18.2 Å². The Hall–Kier alpha value is -1.71. The van der Waals surface area contributed by atoms with Crippen LogP contribution in [0.5, 0.6) is 11.5 Å². The maximum Gasteiger partial charge on any atom is 0.257 e. The molecule has 0 radical (unpaired) electrons. The zero-order valence-corrected chi connectivity index (χ0v) is 10.6. The van der Waals surface area contributed by atoms with Crippen LogP contribution in [-0.4, -0.2) is 34.1 Å². The maximum atomic E-state index is 12.2. The Morgan fingerprint density at radius 2 is 2.22 bits per heavy atom. The fourth-order valence-corrected chi connectivity index (χ4v) is 2.53. The molecule has 0 spiro atoms. The van der Waals surface area contributed by atoms with Crippen LogP contribution in [0.3, 0.4) is 0 Å². The number of phenols is 2. The first-order chi connectivity index (χ1) is 8.61. The molecule has 2 rings (SSSR count). The van der Waals surface area contributed by atoms with Gasteiger partial charge < -0.3 is 15.1 Å². The van der Waals surface area contributed by atoms with Gasteiger partial charge in [0.1, 0.15) is 11.5 Å². The predicted octanol–water partition coefficient (Wildman–Crippen LogP) is 2.36. The van der Waals surface area contributed by atoms with Crippen LogP contribution in [-0.2, 0) is 0 Å². The minimum Gasteiger partial charge on any atom is -0.508 e. The van der Waals surface area contributed by atoms with Crippen molar-refractivity contribution in [2.45, 2.75) is 26.2 Å². The summed E-state index contributed by atoms with van der Waals surface area (Å²) in [6.07, 6.45) is 3.32. The van der Waals surface area contributed by atoms with E-state index in [4.69, 9.17) is 0 Å². The van der Waals surface area contributed by atoms with Crippen LogP contribution in [0.1, 0.15) is 36.5 Å². The first-order valence-corrected chi connectivity index (χ1v) is 6.43. The molecule has 1 saturated heterocycles. The van der Waals surface area contributed by atoms with Gasteiger partial charge in [-0.25, -0.2) is 0 Å². The van der Waals surface area contributed by atoms with Crippen LogP contribution < -0.4 is 0 Å². The molecule has 1 aliphatic heterocycles. The topological polar surface area (TPSA) is 60.8 Å². The van der Waals surface area contributed by atoms with Gasteiger partial charge in [0.05, 0.1) is 5.56 Å². The van der Waals surface area contributed by atoms with Gasteiger partial charge in [0.2, 0.25) is 0 Å². The van der Waals surface area contributed by atoms with E-state index in [1.807, 2.05) is 0 Å². The molecular weight excluding hydrogens is 230 g/mol. The summed E-state index contributed by atoms with van der Waals surface area (Å²) in [5.74, 6) is 0.248. The Morgan fingerprint density at radius 1 is 1.44 bits per heavy atom. The summed E-state index contributed by atoms with van der Waals surface area (Å²) in [5, 5.41) is 18.9. The lowest BCUT2D eigenvalue weighted by atomic mass is 10.0. The van der Waals surface area contributed by atoms with E-state index in [-0.39, 0.29) is 23.0 Å². The lowest BCUT2D eigenvalue weighted by Crippen LogP contribution is -2.28. The molecule has 1 unspecified atom stereocenters. The maximum absolute atomic E-state index is 12.2. The number of carbonyl (C=O) groups excluding carboxylic acids is 1. The molecule has 0 aliphatic carbocycles. The van der Waals surface area contributed by atoms with Crippen molar-refractivity contribution in [3.8, 4) is 11.5 Å². The SMILES string of the molecule is CCCC1CCN(C(=O)c2ccc(O)cc2O)C1. The van der Waals surface area contributed by atoms with Crippen molar-refractivity contribution >= 4 is 5.91 Å². The largest absolute Gasteiger partial charge is 0.508 e. The third-order valence-electron chi connectivity index (χ3n) is 3.48. The minimum atomic E-state index is -0.154. The zero-order chi connectivity index (χ0) is 13.1. The molecule has 18 heavy (non-hydrogen) atoms. The van der Waals surface area contributed by atoms with Gasteiger partial charge in [0.15, 0.2) is 0 Å². The van der Waals surface area contributed by atoms with Crippen molar-refractivity contribution in [2.24, 2.45) is 5.92 Å². The third kappa shape index (κ3) is 2.58. The lowest BCUT2D eigenvalue weighted by molar-refractivity contribution is 0.0783. The van der Waals surface area contributed by atoms with Crippen molar-refractivity contribution in [3.05, 3.63) is 23.8 Å². The first-order valence-electron chi connectivity index (χ1n) is 6.43. The second-order valence-electron chi connectivity index (χ2n) is 4.90. The Bertz CT molecular complexity index is 445. The number of hydrogen-bond donors (Lipinski definition) is 2. The predicted molar refractivity (Wildman–Crippen MR) is 68.7 cm³/mol. The van der Waals surface area contributed by atoms with Crippen LogP contribution in [0, 0.1) is 5.92 Å². The normalized spacial score (nSPS) is 19.2. The second-order valence-corrected chi connectivity index (χ2v) is 4.90. The number of carbonyl (C=O) groups is 1. The van der Waals surface area contributed by atoms with Gasteiger partial charge >= 0.3 is 0 Å². The van der Waals surface area contributed by atoms with E-state index in [9.17, 15) is 15.0 Å². The van der Waals surface area contributed by atoms with Gasteiger partial charge in [-0.1, -0.05) is 13.3 Å². The number of likely N-dealkylation sites (tertiary alicyclic amines) is 1. The number of nitrogens with zero attached hydrogens (tertiary/aromatic N) is 1. The van der Waals surface area contributed by atoms with E-state index in [1.165, 1.54) is 18.2 Å². The van der Waals surface area contributed by atoms with Crippen molar-refractivity contribution in [1.29, 1.82) is 0 Å². The molecule has 2 N–H and O–H groups in total. The number of rotatable bonds is 3. The number of hydrogen-bond acceptors (Lipinski definition) is 3. The standard InChI is InChI=1S/C14H19NO3/c1-2-3-10-6-7-15(9-10)14(18)12-5-4-11(16)8-13(12)17/h4-5,8,10,16-17H,2-3,6-7,9H2,1H3. The number of benzene rings is 1. The van der Waals surface area contributed by atoms with E-state index < -0.39 is 0 Å². The average molecular weight is 249 g/mol. The molecule has 1 aliphatic rings. The molecule has 1 fully saturated rings. The zero-order valence-electron chi connectivity index (χ0n) is 10.6. The summed E-state index contributed by atoms with van der Waals surface area (Å²) >= 11 is 0. The molecule has 4 heteroatoms. The van der Waals surface area contributed by atoms with E-state index in [0.717, 1.165) is 32.4 Å². The van der Waals surface area contributed by atoms with Gasteiger partial charge in [-0.05, 0) is 30.9 Å². The van der Waals surface area contributed by atoms with Crippen LogP contribution in [0.25, 0.3) is 0 Å². The molecule has 1 aromatic carbocycles.